The molecule has 29 heavy (non-hydrogen) atoms. The Bertz CT molecular complexity index is 721. The Hall–Kier alpha value is -1.31. The molecule has 0 spiro atoms. The van der Waals surface area contributed by atoms with E-state index >= 15 is 0 Å². The van der Waals surface area contributed by atoms with Gasteiger partial charge in [-0.2, -0.15) is 0 Å². The molecule has 0 heterocycles. The summed E-state index contributed by atoms with van der Waals surface area (Å²) in [6.07, 6.45) is 8.97. The lowest BCUT2D eigenvalue weighted by molar-refractivity contribution is 0.673. The Morgan fingerprint density at radius 1 is 0.793 bits per heavy atom. The van der Waals surface area contributed by atoms with Crippen LogP contribution in [0, 0.1) is 0 Å². The minimum Gasteiger partial charge on any atom is -0.113 e. The second-order valence-corrected chi connectivity index (χ2v) is 13.9. The van der Waals surface area contributed by atoms with Crippen LogP contribution in [0.15, 0.2) is 65.9 Å². The summed E-state index contributed by atoms with van der Waals surface area (Å²) in [5.74, 6) is 0. The molecule has 0 nitrogen and oxygen atoms in total. The molecule has 1 unspecified atom stereocenters. The quantitative estimate of drug-likeness (QED) is 0.180. The van der Waals surface area contributed by atoms with Gasteiger partial charge in [-0.3, -0.25) is 0 Å². The Balaban J connectivity index is 2.28. The van der Waals surface area contributed by atoms with E-state index in [9.17, 15) is 0 Å². The van der Waals surface area contributed by atoms with Crippen molar-refractivity contribution in [3.05, 3.63) is 71.4 Å². The van der Waals surface area contributed by atoms with Crippen LogP contribution in [0.5, 0.6) is 0 Å². The number of halogens is 1. The van der Waals surface area contributed by atoms with Gasteiger partial charge < -0.3 is 0 Å². The van der Waals surface area contributed by atoms with E-state index in [4.69, 9.17) is 11.6 Å². The molecule has 158 valence electrons. The summed E-state index contributed by atoms with van der Waals surface area (Å²) >= 11 is 7.20. The average molecular weight is 427 g/mol. The van der Waals surface area contributed by atoms with Crippen LogP contribution in [0.2, 0.25) is 18.1 Å². The highest BCUT2D eigenvalue weighted by atomic mass is 35.5. The number of alkyl halides is 1. The number of hydrogen-bond donors (Lipinski definition) is 0. The van der Waals surface area contributed by atoms with E-state index in [1.54, 1.807) is 5.20 Å². The fourth-order valence-corrected chi connectivity index (χ4v) is 9.37. The molecule has 0 aliphatic heterocycles. The monoisotopic (exact) mass is 426 g/mol. The lowest BCUT2D eigenvalue weighted by Crippen LogP contribution is -2.36. The Labute approximate surface area is 185 Å². The van der Waals surface area contributed by atoms with Gasteiger partial charge in [-0.25, -0.2) is 0 Å². The Morgan fingerprint density at radius 3 is 1.93 bits per heavy atom. The second-order valence-electron chi connectivity index (χ2n) is 8.20. The van der Waals surface area contributed by atoms with E-state index in [1.165, 1.54) is 66.9 Å². The van der Waals surface area contributed by atoms with Crippen LogP contribution in [-0.4, -0.2) is 8.07 Å². The van der Waals surface area contributed by atoms with Gasteiger partial charge in [-0.05, 0) is 29.5 Å². The van der Waals surface area contributed by atoms with Gasteiger partial charge in [0.15, 0.2) is 0 Å². The molecule has 2 rings (SSSR count). The highest BCUT2D eigenvalue weighted by molar-refractivity contribution is 6.87. The summed E-state index contributed by atoms with van der Waals surface area (Å²) in [7, 11) is -1.51. The third kappa shape index (κ3) is 6.33. The minimum atomic E-state index is -1.51. The van der Waals surface area contributed by atoms with Crippen LogP contribution >= 0.6 is 11.6 Å². The molecule has 0 saturated heterocycles. The van der Waals surface area contributed by atoms with E-state index in [0.717, 1.165) is 0 Å². The molecule has 0 fully saturated rings. The fraction of sp³-hybridized carbons (Fsp3) is 0.481. The molecule has 2 aromatic rings. The third-order valence-electron chi connectivity index (χ3n) is 6.65. The van der Waals surface area contributed by atoms with E-state index in [-0.39, 0.29) is 5.38 Å². The molecule has 1 atom stereocenters. The molecule has 0 bridgehead atoms. The SMILES string of the molecule is CCCCCC/C=C(\C(Cl)c1ccc(-c2ccccc2)cc1)[Si](CC)(CC)CC. The van der Waals surface area contributed by atoms with Gasteiger partial charge in [0.25, 0.3) is 0 Å². The summed E-state index contributed by atoms with van der Waals surface area (Å²) in [4.78, 5) is 0. The summed E-state index contributed by atoms with van der Waals surface area (Å²) in [5.41, 5.74) is 3.77. The summed E-state index contributed by atoms with van der Waals surface area (Å²) in [5, 5.41) is 1.59. The van der Waals surface area contributed by atoms with Crippen molar-refractivity contribution in [2.75, 3.05) is 0 Å². The van der Waals surface area contributed by atoms with Crippen LogP contribution in [0.4, 0.5) is 0 Å². The molecule has 2 heteroatoms. The van der Waals surface area contributed by atoms with Crippen LogP contribution < -0.4 is 0 Å². The number of benzene rings is 2. The smallest absolute Gasteiger partial charge is 0.0827 e. The van der Waals surface area contributed by atoms with E-state index in [0.29, 0.717) is 0 Å². The van der Waals surface area contributed by atoms with Crippen molar-refractivity contribution in [1.29, 1.82) is 0 Å². The number of allylic oxidation sites excluding steroid dienone is 2. The van der Waals surface area contributed by atoms with E-state index < -0.39 is 8.07 Å². The maximum Gasteiger partial charge on any atom is 0.0827 e. The number of hydrogen-bond acceptors (Lipinski definition) is 0. The van der Waals surface area contributed by atoms with Crippen molar-refractivity contribution in [3.63, 3.8) is 0 Å². The average Bonchev–Trinajstić information content (AvgIpc) is 2.79. The molecule has 0 saturated carbocycles. The van der Waals surface area contributed by atoms with Crippen molar-refractivity contribution in [2.24, 2.45) is 0 Å². The molecule has 0 amide bonds. The van der Waals surface area contributed by atoms with E-state index in [2.05, 4.69) is 88.4 Å². The summed E-state index contributed by atoms with van der Waals surface area (Å²) in [6.45, 7) is 9.42. The topological polar surface area (TPSA) is 0 Å². The number of rotatable bonds is 12. The lowest BCUT2D eigenvalue weighted by Gasteiger charge is -2.34. The normalized spacial score (nSPS) is 13.5. The molecule has 0 N–H and O–H groups in total. The van der Waals surface area contributed by atoms with Crippen LogP contribution in [0.25, 0.3) is 11.1 Å². The van der Waals surface area contributed by atoms with Gasteiger partial charge in [0.1, 0.15) is 0 Å². The predicted octanol–water partition coefficient (Wildman–Crippen LogP) is 9.58. The zero-order chi connectivity index (χ0) is 21.1. The Kier molecular flexibility index (Phi) is 10.2. The van der Waals surface area contributed by atoms with Gasteiger partial charge in [0, 0.05) is 0 Å². The van der Waals surface area contributed by atoms with Crippen molar-refractivity contribution >= 4 is 19.7 Å². The van der Waals surface area contributed by atoms with Crippen molar-refractivity contribution < 1.29 is 0 Å². The van der Waals surface area contributed by atoms with Crippen LogP contribution in [-0.2, 0) is 0 Å². The first-order chi connectivity index (χ1) is 14.1. The maximum absolute atomic E-state index is 7.20. The molecule has 0 radical (unpaired) electrons. The van der Waals surface area contributed by atoms with Crippen molar-refractivity contribution in [3.8, 4) is 11.1 Å². The summed E-state index contributed by atoms with van der Waals surface area (Å²) < 4.78 is 0. The first kappa shape index (κ1) is 24.0. The molecular formula is C27H39ClSi. The van der Waals surface area contributed by atoms with Crippen LogP contribution in [0.3, 0.4) is 0 Å². The second kappa shape index (κ2) is 12.4. The zero-order valence-corrected chi connectivity index (χ0v) is 20.6. The van der Waals surface area contributed by atoms with Gasteiger partial charge in [0.2, 0.25) is 0 Å². The van der Waals surface area contributed by atoms with Gasteiger partial charge in [-0.15, -0.1) is 11.6 Å². The Morgan fingerprint density at radius 2 is 1.38 bits per heavy atom. The maximum atomic E-state index is 7.20. The van der Waals surface area contributed by atoms with E-state index in [1.807, 2.05) is 0 Å². The van der Waals surface area contributed by atoms with Crippen molar-refractivity contribution in [1.82, 2.24) is 0 Å². The molecule has 0 aliphatic carbocycles. The van der Waals surface area contributed by atoms with Gasteiger partial charge in [-0.1, -0.05) is 131 Å². The first-order valence-electron chi connectivity index (χ1n) is 11.6. The third-order valence-corrected chi connectivity index (χ3v) is 13.1. The molecule has 0 aromatic heterocycles. The zero-order valence-electron chi connectivity index (χ0n) is 18.9. The molecule has 0 aliphatic rings. The minimum absolute atomic E-state index is 0.0116. The standard InChI is InChI=1S/C27H39ClSi/c1-5-9-10-11-15-18-26(29(6-2,7-3)8-4)27(28)25-21-19-24(20-22-25)23-16-13-12-14-17-23/h12-14,16-22,27H,5-11,15H2,1-4H3/b26-18+. The largest absolute Gasteiger partial charge is 0.113 e. The van der Waals surface area contributed by atoms with Gasteiger partial charge >= 0.3 is 0 Å². The molecule has 2 aromatic carbocycles. The molecular weight excluding hydrogens is 388 g/mol. The lowest BCUT2D eigenvalue weighted by atomic mass is 10.0. The highest BCUT2D eigenvalue weighted by Crippen LogP contribution is 2.41. The highest BCUT2D eigenvalue weighted by Gasteiger charge is 2.35. The number of unbranched alkanes of at least 4 members (excludes halogenated alkanes) is 4. The predicted molar refractivity (Wildman–Crippen MR) is 135 cm³/mol. The summed E-state index contributed by atoms with van der Waals surface area (Å²) in [6, 6.07) is 23.4. The van der Waals surface area contributed by atoms with Crippen molar-refractivity contribution in [2.45, 2.75) is 83.3 Å². The fourth-order valence-electron chi connectivity index (χ4n) is 4.43. The van der Waals surface area contributed by atoms with Gasteiger partial charge in [0.05, 0.1) is 13.5 Å². The van der Waals surface area contributed by atoms with Crippen LogP contribution in [0.1, 0.15) is 70.7 Å². The first-order valence-corrected chi connectivity index (χ1v) is 14.7.